The number of nitrogens with zero attached hydrogens (tertiary/aromatic N) is 2. The van der Waals surface area contributed by atoms with E-state index in [1.165, 1.54) is 18.8 Å². The monoisotopic (exact) mass is 278 g/mol. The number of nitrogens with one attached hydrogen (secondary N) is 1. The van der Waals surface area contributed by atoms with Crippen LogP contribution in [0.25, 0.3) is 0 Å². The quantitative estimate of drug-likeness (QED) is 0.868. The third kappa shape index (κ3) is 3.41. The molecule has 7 heteroatoms. The van der Waals surface area contributed by atoms with Crippen molar-refractivity contribution >= 4 is 21.3 Å². The molecule has 0 aliphatic heterocycles. The minimum Gasteiger partial charge on any atom is -0.394 e. The number of hydrogen-bond donors (Lipinski definition) is 2. The van der Waals surface area contributed by atoms with Gasteiger partial charge < -0.3 is 11.1 Å². The lowest BCUT2D eigenvalue weighted by atomic mass is 10.2. The van der Waals surface area contributed by atoms with Gasteiger partial charge in [0.05, 0.1) is 16.8 Å². The highest BCUT2D eigenvalue weighted by Gasteiger charge is 2.06. The lowest BCUT2D eigenvalue weighted by molar-refractivity contribution is 0.602. The molecule has 0 unspecified atom stereocenters. The van der Waals surface area contributed by atoms with E-state index >= 15 is 0 Å². The standard InChI is InChI=1S/C12H14N4O2S/c1-19(17,18)10-4-2-9(3-5-10)6-15-12-11(13)7-14-8-16-12/h2-5,7-8H,6,13H2,1H3,(H,14,15,16). The summed E-state index contributed by atoms with van der Waals surface area (Å²) in [6.45, 7) is 0.505. The minimum absolute atomic E-state index is 0.304. The Kier molecular flexibility index (Phi) is 3.66. The number of anilines is 2. The van der Waals surface area contributed by atoms with E-state index in [0.717, 1.165) is 5.56 Å². The molecule has 0 bridgehead atoms. The van der Waals surface area contributed by atoms with Crippen LogP contribution < -0.4 is 11.1 Å². The second-order valence-corrected chi connectivity index (χ2v) is 6.11. The molecule has 19 heavy (non-hydrogen) atoms. The van der Waals surface area contributed by atoms with Crippen LogP contribution in [0.15, 0.2) is 41.7 Å². The summed E-state index contributed by atoms with van der Waals surface area (Å²) in [5.41, 5.74) is 7.10. The third-order valence-corrected chi connectivity index (χ3v) is 3.68. The molecule has 0 atom stereocenters. The largest absolute Gasteiger partial charge is 0.394 e. The van der Waals surface area contributed by atoms with Gasteiger partial charge in [-0.3, -0.25) is 0 Å². The van der Waals surface area contributed by atoms with Gasteiger partial charge in [-0.15, -0.1) is 0 Å². The van der Waals surface area contributed by atoms with Gasteiger partial charge in [0.15, 0.2) is 15.7 Å². The SMILES string of the molecule is CS(=O)(=O)c1ccc(CNc2ncncc2N)cc1. The molecule has 0 spiro atoms. The molecule has 100 valence electrons. The summed E-state index contributed by atoms with van der Waals surface area (Å²) in [6.07, 6.45) is 4.11. The Morgan fingerprint density at radius 3 is 2.53 bits per heavy atom. The predicted octanol–water partition coefficient (Wildman–Crippen LogP) is 1.07. The van der Waals surface area contributed by atoms with Crippen LogP contribution in [0, 0.1) is 0 Å². The van der Waals surface area contributed by atoms with Crippen molar-refractivity contribution in [3.05, 3.63) is 42.4 Å². The van der Waals surface area contributed by atoms with Gasteiger partial charge in [-0.05, 0) is 17.7 Å². The summed E-state index contributed by atoms with van der Waals surface area (Å²) in [6, 6.07) is 6.66. The normalized spacial score (nSPS) is 11.2. The fourth-order valence-corrected chi connectivity index (χ4v) is 2.16. The van der Waals surface area contributed by atoms with Crippen LogP contribution in [0.3, 0.4) is 0 Å². The molecule has 1 heterocycles. The van der Waals surface area contributed by atoms with E-state index in [-0.39, 0.29) is 0 Å². The highest BCUT2D eigenvalue weighted by atomic mass is 32.2. The summed E-state index contributed by atoms with van der Waals surface area (Å²) in [5, 5.41) is 3.06. The summed E-state index contributed by atoms with van der Waals surface area (Å²) in [4.78, 5) is 8.11. The lowest BCUT2D eigenvalue weighted by Gasteiger charge is -2.07. The van der Waals surface area contributed by atoms with Crippen molar-refractivity contribution in [3.8, 4) is 0 Å². The Morgan fingerprint density at radius 2 is 1.95 bits per heavy atom. The zero-order valence-electron chi connectivity index (χ0n) is 10.4. The number of rotatable bonds is 4. The van der Waals surface area contributed by atoms with Crippen molar-refractivity contribution in [2.24, 2.45) is 0 Å². The zero-order valence-corrected chi connectivity index (χ0v) is 11.2. The molecular weight excluding hydrogens is 264 g/mol. The van der Waals surface area contributed by atoms with Crippen LogP contribution in [0.4, 0.5) is 11.5 Å². The fraction of sp³-hybridized carbons (Fsp3) is 0.167. The van der Waals surface area contributed by atoms with Crippen LogP contribution in [-0.4, -0.2) is 24.6 Å². The molecule has 0 radical (unpaired) electrons. The molecule has 0 amide bonds. The Morgan fingerprint density at radius 1 is 1.26 bits per heavy atom. The van der Waals surface area contributed by atoms with Gasteiger partial charge in [0.25, 0.3) is 0 Å². The molecule has 0 fully saturated rings. The second kappa shape index (κ2) is 5.23. The molecule has 0 aliphatic carbocycles. The number of hydrogen-bond acceptors (Lipinski definition) is 6. The molecule has 1 aromatic heterocycles. The summed E-state index contributed by atoms with van der Waals surface area (Å²) in [7, 11) is -3.15. The van der Waals surface area contributed by atoms with E-state index in [0.29, 0.717) is 22.9 Å². The van der Waals surface area contributed by atoms with Gasteiger partial charge >= 0.3 is 0 Å². The van der Waals surface area contributed by atoms with Gasteiger partial charge in [-0.25, -0.2) is 18.4 Å². The Labute approximate surface area is 111 Å². The van der Waals surface area contributed by atoms with Crippen LogP contribution in [0.1, 0.15) is 5.56 Å². The number of nitrogens with two attached hydrogens (primary N) is 1. The van der Waals surface area contributed by atoms with E-state index in [9.17, 15) is 8.42 Å². The molecule has 0 saturated heterocycles. The molecule has 0 saturated carbocycles. The average molecular weight is 278 g/mol. The second-order valence-electron chi connectivity index (χ2n) is 4.10. The summed E-state index contributed by atoms with van der Waals surface area (Å²) >= 11 is 0. The van der Waals surface area contributed by atoms with E-state index in [4.69, 9.17) is 5.73 Å². The molecule has 2 rings (SSSR count). The van der Waals surface area contributed by atoms with E-state index in [1.54, 1.807) is 24.3 Å². The van der Waals surface area contributed by atoms with Gasteiger partial charge in [0.2, 0.25) is 0 Å². The maximum Gasteiger partial charge on any atom is 0.175 e. The third-order valence-electron chi connectivity index (χ3n) is 2.55. The van der Waals surface area contributed by atoms with Crippen molar-refractivity contribution in [2.75, 3.05) is 17.3 Å². The summed E-state index contributed by atoms with van der Waals surface area (Å²) in [5.74, 6) is 0.558. The van der Waals surface area contributed by atoms with Crippen molar-refractivity contribution in [1.82, 2.24) is 9.97 Å². The first-order chi connectivity index (χ1) is 8.97. The van der Waals surface area contributed by atoms with Crippen LogP contribution in [0.5, 0.6) is 0 Å². The van der Waals surface area contributed by atoms with Gasteiger partial charge in [0.1, 0.15) is 6.33 Å². The average Bonchev–Trinajstić information content (AvgIpc) is 2.37. The Hall–Kier alpha value is -2.15. The van der Waals surface area contributed by atoms with Crippen molar-refractivity contribution < 1.29 is 8.42 Å². The van der Waals surface area contributed by atoms with Crippen LogP contribution in [0.2, 0.25) is 0 Å². The maximum absolute atomic E-state index is 11.3. The number of sulfone groups is 1. The first-order valence-electron chi connectivity index (χ1n) is 5.55. The maximum atomic E-state index is 11.3. The number of benzene rings is 1. The summed E-state index contributed by atoms with van der Waals surface area (Å²) < 4.78 is 22.6. The van der Waals surface area contributed by atoms with Gasteiger partial charge in [-0.2, -0.15) is 0 Å². The van der Waals surface area contributed by atoms with Crippen LogP contribution >= 0.6 is 0 Å². The first kappa shape index (κ1) is 13.3. The van der Waals surface area contributed by atoms with Gasteiger partial charge in [0, 0.05) is 12.8 Å². The first-order valence-corrected chi connectivity index (χ1v) is 7.44. The van der Waals surface area contributed by atoms with E-state index < -0.39 is 9.84 Å². The highest BCUT2D eigenvalue weighted by Crippen LogP contribution is 2.14. The smallest absolute Gasteiger partial charge is 0.175 e. The molecule has 1 aromatic carbocycles. The van der Waals surface area contributed by atoms with E-state index in [1.807, 2.05) is 0 Å². The molecule has 0 aliphatic rings. The molecular formula is C12H14N4O2S. The van der Waals surface area contributed by atoms with Crippen molar-refractivity contribution in [1.29, 1.82) is 0 Å². The number of aromatic nitrogens is 2. The zero-order chi connectivity index (χ0) is 13.9. The molecule has 3 N–H and O–H groups in total. The molecule has 2 aromatic rings. The predicted molar refractivity (Wildman–Crippen MR) is 73.3 cm³/mol. The van der Waals surface area contributed by atoms with E-state index in [2.05, 4.69) is 15.3 Å². The minimum atomic E-state index is -3.15. The Bertz CT molecular complexity index is 668. The number of nitrogen functional groups attached to an aromatic ring is 1. The Balaban J connectivity index is 2.07. The van der Waals surface area contributed by atoms with Crippen LogP contribution in [-0.2, 0) is 16.4 Å². The highest BCUT2D eigenvalue weighted by molar-refractivity contribution is 7.90. The van der Waals surface area contributed by atoms with Crippen molar-refractivity contribution in [2.45, 2.75) is 11.4 Å². The molecule has 6 nitrogen and oxygen atoms in total. The van der Waals surface area contributed by atoms with Gasteiger partial charge in [-0.1, -0.05) is 12.1 Å². The lowest BCUT2D eigenvalue weighted by Crippen LogP contribution is -2.05. The van der Waals surface area contributed by atoms with Crippen molar-refractivity contribution in [3.63, 3.8) is 0 Å². The topological polar surface area (TPSA) is 98.0 Å². The fourth-order valence-electron chi connectivity index (χ4n) is 1.53.